The van der Waals surface area contributed by atoms with Gasteiger partial charge in [0.25, 0.3) is 0 Å². The maximum absolute atomic E-state index is 14.7. The molecule has 0 saturated heterocycles. The molecule has 0 atom stereocenters. The Morgan fingerprint density at radius 3 is 2.75 bits per heavy atom. The Bertz CT molecular complexity index is 1180. The summed E-state index contributed by atoms with van der Waals surface area (Å²) in [6, 6.07) is 10.9. The highest BCUT2D eigenvalue weighted by atomic mass is 19.1. The number of aryl methyl sites for hydroxylation is 1. The number of hydrogen-bond donors (Lipinski definition) is 1. The number of nitrogens with two attached hydrogens (primary N) is 1. The summed E-state index contributed by atoms with van der Waals surface area (Å²) in [6.07, 6.45) is 2.30. The monoisotopic (exact) mass is 379 g/mol. The molecule has 0 aliphatic rings. The first-order chi connectivity index (χ1) is 13.5. The summed E-state index contributed by atoms with van der Waals surface area (Å²) in [7, 11) is 1.57. The average molecular weight is 379 g/mol. The zero-order chi connectivity index (χ0) is 19.8. The highest BCUT2D eigenvalue weighted by molar-refractivity contribution is 6.01. The highest BCUT2D eigenvalue weighted by Crippen LogP contribution is 2.39. The molecular weight excluding hydrogens is 357 g/mol. The Morgan fingerprint density at radius 2 is 2.00 bits per heavy atom. The Balaban J connectivity index is 2.15. The Hall–Kier alpha value is -3.12. The summed E-state index contributed by atoms with van der Waals surface area (Å²) in [6.45, 7) is 4.03. The van der Waals surface area contributed by atoms with Gasteiger partial charge in [0, 0.05) is 18.4 Å². The lowest BCUT2D eigenvalue weighted by Crippen LogP contribution is -2.04. The van der Waals surface area contributed by atoms with E-state index in [1.54, 1.807) is 19.4 Å². The molecule has 0 saturated carbocycles. The molecule has 28 heavy (non-hydrogen) atoms. The van der Waals surface area contributed by atoms with Crippen LogP contribution in [0.4, 0.5) is 10.1 Å². The second kappa shape index (κ2) is 7.13. The first kappa shape index (κ1) is 18.3. The van der Waals surface area contributed by atoms with Crippen molar-refractivity contribution < 1.29 is 13.9 Å². The summed E-state index contributed by atoms with van der Waals surface area (Å²) >= 11 is 0. The molecule has 0 radical (unpaired) electrons. The molecule has 2 aromatic carbocycles. The smallest absolute Gasteiger partial charge is 0.188 e. The molecule has 2 aromatic heterocycles. The van der Waals surface area contributed by atoms with E-state index >= 15 is 0 Å². The molecule has 2 N–H and O–H groups in total. The van der Waals surface area contributed by atoms with Crippen LogP contribution in [0.15, 0.2) is 42.6 Å². The zero-order valence-corrected chi connectivity index (χ0v) is 16.1. The van der Waals surface area contributed by atoms with E-state index in [1.165, 1.54) is 6.07 Å². The molecular formula is C22H22FN3O2. The molecule has 4 rings (SSSR count). The van der Waals surface area contributed by atoms with Crippen molar-refractivity contribution in [3.8, 4) is 17.0 Å². The first-order valence-corrected chi connectivity index (χ1v) is 9.15. The van der Waals surface area contributed by atoms with Crippen LogP contribution in [0.2, 0.25) is 0 Å². The van der Waals surface area contributed by atoms with Crippen LogP contribution in [0.25, 0.3) is 27.5 Å². The van der Waals surface area contributed by atoms with Gasteiger partial charge in [-0.3, -0.25) is 0 Å². The summed E-state index contributed by atoms with van der Waals surface area (Å²) in [5, 5.41) is 6.21. The Kier molecular flexibility index (Phi) is 4.65. The molecule has 6 heteroatoms. The van der Waals surface area contributed by atoms with Gasteiger partial charge >= 0.3 is 0 Å². The van der Waals surface area contributed by atoms with Crippen LogP contribution in [-0.4, -0.2) is 23.5 Å². The van der Waals surface area contributed by atoms with E-state index in [0.29, 0.717) is 23.4 Å². The Labute approximate surface area is 162 Å². The van der Waals surface area contributed by atoms with Gasteiger partial charge < -0.3 is 15.2 Å². The van der Waals surface area contributed by atoms with Crippen LogP contribution in [0.1, 0.15) is 18.1 Å². The number of nitrogen functional groups attached to an aromatic ring is 1. The van der Waals surface area contributed by atoms with Crippen LogP contribution in [0, 0.1) is 12.7 Å². The molecule has 0 bridgehead atoms. The van der Waals surface area contributed by atoms with Crippen LogP contribution in [0.3, 0.4) is 0 Å². The van der Waals surface area contributed by atoms with Crippen molar-refractivity contribution in [2.75, 3.05) is 19.6 Å². The van der Waals surface area contributed by atoms with Crippen LogP contribution >= 0.6 is 0 Å². The minimum absolute atomic E-state index is 0.125. The van der Waals surface area contributed by atoms with E-state index in [-0.39, 0.29) is 12.6 Å². The van der Waals surface area contributed by atoms with Crippen molar-refractivity contribution in [3.63, 3.8) is 0 Å². The second-order valence-corrected chi connectivity index (χ2v) is 6.74. The van der Waals surface area contributed by atoms with Gasteiger partial charge in [-0.1, -0.05) is 13.0 Å². The van der Waals surface area contributed by atoms with Crippen molar-refractivity contribution in [2.45, 2.75) is 20.3 Å². The van der Waals surface area contributed by atoms with E-state index in [9.17, 15) is 4.39 Å². The number of fused-ring (bicyclic) bond motifs is 2. The van der Waals surface area contributed by atoms with Gasteiger partial charge in [-0.15, -0.1) is 0 Å². The van der Waals surface area contributed by atoms with E-state index in [1.807, 2.05) is 42.6 Å². The molecule has 0 amide bonds. The van der Waals surface area contributed by atoms with Gasteiger partial charge in [0.05, 0.1) is 17.4 Å². The topological polar surface area (TPSA) is 61.8 Å². The molecule has 0 aliphatic heterocycles. The fourth-order valence-electron chi connectivity index (χ4n) is 3.72. The fraction of sp³-hybridized carbons (Fsp3) is 0.227. The zero-order valence-electron chi connectivity index (χ0n) is 16.1. The third kappa shape index (κ3) is 2.86. The van der Waals surface area contributed by atoms with Crippen molar-refractivity contribution >= 4 is 22.0 Å². The minimum atomic E-state index is -0.222. The molecule has 0 spiro atoms. The number of rotatable bonds is 5. The van der Waals surface area contributed by atoms with Crippen molar-refractivity contribution in [3.05, 3.63) is 59.5 Å². The van der Waals surface area contributed by atoms with Crippen molar-refractivity contribution in [1.82, 2.24) is 9.61 Å². The van der Waals surface area contributed by atoms with E-state index < -0.39 is 0 Å². The van der Waals surface area contributed by atoms with Crippen LogP contribution in [0.5, 0.6) is 5.75 Å². The summed E-state index contributed by atoms with van der Waals surface area (Å²) in [4.78, 5) is 0. The summed E-state index contributed by atoms with van der Waals surface area (Å²) < 4.78 is 27.3. The largest absolute Gasteiger partial charge is 0.468 e. The van der Waals surface area contributed by atoms with Crippen LogP contribution < -0.4 is 10.5 Å². The third-order valence-electron chi connectivity index (χ3n) is 5.07. The molecule has 0 unspecified atom stereocenters. The lowest BCUT2D eigenvalue weighted by atomic mass is 9.93. The number of pyridine rings is 1. The van der Waals surface area contributed by atoms with Gasteiger partial charge in [0.15, 0.2) is 6.79 Å². The van der Waals surface area contributed by atoms with Gasteiger partial charge in [0.2, 0.25) is 0 Å². The summed E-state index contributed by atoms with van der Waals surface area (Å²) in [5.41, 5.74) is 11.0. The van der Waals surface area contributed by atoms with Gasteiger partial charge in [-0.25, -0.2) is 8.91 Å². The van der Waals surface area contributed by atoms with E-state index in [2.05, 4.69) is 5.10 Å². The molecule has 5 nitrogen and oxygen atoms in total. The van der Waals surface area contributed by atoms with Crippen LogP contribution in [-0.2, 0) is 11.2 Å². The standard InChI is InChI=1S/C22H22FN3O2/c1-4-17-19(23)6-5-14-9-16(28-12-27-3)11-18(21(14)17)22-13(2)20(24)10-15-7-8-25-26(15)22/h5-11H,4,12,24H2,1-3H3. The molecule has 4 aromatic rings. The number of halogens is 1. The first-order valence-electron chi connectivity index (χ1n) is 9.15. The SMILES string of the molecule is CCc1c(F)ccc2cc(OCOC)cc(-c3c(C)c(N)cc4ccnn34)c12. The number of methoxy groups -OCH3 is 1. The maximum atomic E-state index is 14.7. The lowest BCUT2D eigenvalue weighted by molar-refractivity contribution is 0.0512. The van der Waals surface area contributed by atoms with E-state index in [4.69, 9.17) is 15.2 Å². The lowest BCUT2D eigenvalue weighted by Gasteiger charge is -2.18. The van der Waals surface area contributed by atoms with E-state index in [0.717, 1.165) is 33.1 Å². The Morgan fingerprint density at radius 1 is 1.18 bits per heavy atom. The fourth-order valence-corrected chi connectivity index (χ4v) is 3.72. The van der Waals surface area contributed by atoms with Gasteiger partial charge in [0.1, 0.15) is 11.6 Å². The molecule has 144 valence electrons. The predicted octanol–water partition coefficient (Wildman–Crippen LogP) is 4.73. The molecule has 0 aliphatic carbocycles. The number of nitrogens with zero attached hydrogens (tertiary/aromatic N) is 2. The third-order valence-corrected chi connectivity index (χ3v) is 5.07. The number of aromatic nitrogens is 2. The average Bonchev–Trinajstić information content (AvgIpc) is 3.14. The van der Waals surface area contributed by atoms with Gasteiger partial charge in [-0.2, -0.15) is 5.10 Å². The minimum Gasteiger partial charge on any atom is -0.468 e. The second-order valence-electron chi connectivity index (χ2n) is 6.74. The number of benzene rings is 2. The predicted molar refractivity (Wildman–Crippen MR) is 109 cm³/mol. The highest BCUT2D eigenvalue weighted by Gasteiger charge is 2.19. The number of ether oxygens (including phenoxy) is 2. The summed E-state index contributed by atoms with van der Waals surface area (Å²) in [5.74, 6) is 0.417. The van der Waals surface area contributed by atoms with Crippen molar-refractivity contribution in [1.29, 1.82) is 0 Å². The maximum Gasteiger partial charge on any atom is 0.188 e. The molecule has 0 fully saturated rings. The molecule has 2 heterocycles. The quantitative estimate of drug-likeness (QED) is 0.509. The number of anilines is 1. The van der Waals surface area contributed by atoms with Crippen molar-refractivity contribution in [2.24, 2.45) is 0 Å². The normalized spacial score (nSPS) is 11.4. The number of hydrogen-bond acceptors (Lipinski definition) is 4. The van der Waals surface area contributed by atoms with Gasteiger partial charge in [-0.05, 0) is 65.6 Å².